The van der Waals surface area contributed by atoms with Gasteiger partial charge in [0.2, 0.25) is 0 Å². The number of nitrogens with zero attached hydrogens (tertiary/aromatic N) is 6. The maximum Gasteiger partial charge on any atom is 0.162 e. The van der Waals surface area contributed by atoms with Crippen LogP contribution in [-0.4, -0.2) is 30.7 Å². The summed E-state index contributed by atoms with van der Waals surface area (Å²) in [6.07, 6.45) is 2.40. The Balaban J connectivity index is 1.85. The van der Waals surface area contributed by atoms with E-state index >= 15 is 0 Å². The Morgan fingerprint density at radius 2 is 1.92 bits per heavy atom. The van der Waals surface area contributed by atoms with Crippen molar-refractivity contribution >= 4 is 28.1 Å². The van der Waals surface area contributed by atoms with E-state index in [0.29, 0.717) is 17.2 Å². The van der Waals surface area contributed by atoms with E-state index in [9.17, 15) is 0 Å². The third-order valence-electron chi connectivity index (χ3n) is 4.49. The molecule has 1 aromatic heterocycles. The molecule has 0 fully saturated rings. The molecule has 0 saturated carbocycles. The van der Waals surface area contributed by atoms with Gasteiger partial charge in [0, 0.05) is 34.3 Å². The highest BCUT2D eigenvalue weighted by molar-refractivity contribution is 5.94. The molecule has 0 N–H and O–H groups in total. The quantitative estimate of drug-likeness (QED) is 0.398. The van der Waals surface area contributed by atoms with Gasteiger partial charge in [0.05, 0.1) is 19.7 Å². The van der Waals surface area contributed by atoms with Crippen molar-refractivity contribution in [3.05, 3.63) is 52.7 Å². The lowest BCUT2D eigenvalue weighted by molar-refractivity contribution is 0.356. The second-order valence-corrected chi connectivity index (χ2v) is 5.83. The number of methoxy groups -OCH3 is 2. The lowest BCUT2D eigenvalue weighted by Crippen LogP contribution is -2.15. The van der Waals surface area contributed by atoms with Crippen molar-refractivity contribution in [1.82, 2.24) is 9.97 Å². The van der Waals surface area contributed by atoms with E-state index in [1.54, 1.807) is 20.5 Å². The summed E-state index contributed by atoms with van der Waals surface area (Å²) in [7, 11) is 3.21. The predicted octanol–water partition coefficient (Wildman–Crippen LogP) is 4.28. The molecule has 3 aromatic rings. The predicted molar refractivity (Wildman–Crippen MR) is 98.6 cm³/mol. The highest BCUT2D eigenvalue weighted by atomic mass is 16.5. The van der Waals surface area contributed by atoms with E-state index in [-0.39, 0.29) is 0 Å². The molecule has 0 radical (unpaired) electrons. The zero-order valence-electron chi connectivity index (χ0n) is 14.4. The highest BCUT2D eigenvalue weighted by Crippen LogP contribution is 2.40. The second-order valence-electron chi connectivity index (χ2n) is 5.83. The molecule has 0 amide bonds. The normalized spacial score (nSPS) is 12.6. The summed E-state index contributed by atoms with van der Waals surface area (Å²) in [6, 6.07) is 9.43. The SMILES string of the molecule is COc1cc2ncnc(N3CCc4cc(N=[N+]=[N-])ccc43)c2cc1OC. The van der Waals surface area contributed by atoms with Crippen LogP contribution in [0.1, 0.15) is 5.56 Å². The third kappa shape index (κ3) is 2.53. The van der Waals surface area contributed by atoms with Crippen molar-refractivity contribution in [1.29, 1.82) is 0 Å². The van der Waals surface area contributed by atoms with Crippen LogP contribution >= 0.6 is 0 Å². The van der Waals surface area contributed by atoms with Gasteiger partial charge in [0.25, 0.3) is 0 Å². The van der Waals surface area contributed by atoms with Crippen LogP contribution in [-0.2, 0) is 6.42 Å². The molecular weight excluding hydrogens is 332 g/mol. The van der Waals surface area contributed by atoms with Crippen LogP contribution in [0.4, 0.5) is 17.2 Å². The van der Waals surface area contributed by atoms with Gasteiger partial charge in [-0.3, -0.25) is 0 Å². The fraction of sp³-hybridized carbons (Fsp3) is 0.222. The van der Waals surface area contributed by atoms with Gasteiger partial charge in [-0.1, -0.05) is 11.2 Å². The van der Waals surface area contributed by atoms with E-state index in [0.717, 1.165) is 40.9 Å². The smallest absolute Gasteiger partial charge is 0.162 e. The van der Waals surface area contributed by atoms with Gasteiger partial charge in [-0.15, -0.1) is 0 Å². The average molecular weight is 348 g/mol. The maximum atomic E-state index is 8.62. The topological polar surface area (TPSA) is 96.2 Å². The van der Waals surface area contributed by atoms with Crippen molar-refractivity contribution in [2.24, 2.45) is 5.11 Å². The molecule has 0 unspecified atom stereocenters. The van der Waals surface area contributed by atoms with E-state index in [1.807, 2.05) is 30.3 Å². The number of ether oxygens (including phenoxy) is 2. The number of azide groups is 1. The first kappa shape index (κ1) is 16.0. The van der Waals surface area contributed by atoms with Crippen molar-refractivity contribution in [3.63, 3.8) is 0 Å². The minimum Gasteiger partial charge on any atom is -0.493 e. The van der Waals surface area contributed by atoms with Gasteiger partial charge < -0.3 is 14.4 Å². The number of hydrogen-bond donors (Lipinski definition) is 0. The van der Waals surface area contributed by atoms with Crippen LogP contribution in [0.15, 0.2) is 41.8 Å². The fourth-order valence-electron chi connectivity index (χ4n) is 3.31. The monoisotopic (exact) mass is 348 g/mol. The number of hydrogen-bond acceptors (Lipinski definition) is 6. The van der Waals surface area contributed by atoms with Crippen LogP contribution in [0.25, 0.3) is 21.3 Å². The van der Waals surface area contributed by atoms with Crippen LogP contribution < -0.4 is 14.4 Å². The third-order valence-corrected chi connectivity index (χ3v) is 4.49. The maximum absolute atomic E-state index is 8.62. The lowest BCUT2D eigenvalue weighted by Gasteiger charge is -2.20. The van der Waals surface area contributed by atoms with Crippen molar-refractivity contribution in [3.8, 4) is 11.5 Å². The molecule has 0 saturated heterocycles. The largest absolute Gasteiger partial charge is 0.493 e. The molecule has 1 aliphatic rings. The number of rotatable bonds is 4. The molecule has 0 atom stereocenters. The van der Waals surface area contributed by atoms with Crippen LogP contribution in [0.3, 0.4) is 0 Å². The van der Waals surface area contributed by atoms with E-state index in [4.69, 9.17) is 15.0 Å². The molecule has 0 aliphatic carbocycles. The number of benzene rings is 2. The first-order valence-electron chi connectivity index (χ1n) is 8.07. The molecule has 130 valence electrons. The van der Waals surface area contributed by atoms with Gasteiger partial charge in [-0.05, 0) is 35.7 Å². The average Bonchev–Trinajstić information content (AvgIpc) is 3.09. The zero-order valence-corrected chi connectivity index (χ0v) is 14.4. The molecule has 2 aromatic carbocycles. The molecule has 2 heterocycles. The Labute approximate surface area is 149 Å². The van der Waals surface area contributed by atoms with Gasteiger partial charge >= 0.3 is 0 Å². The molecule has 0 bridgehead atoms. The molecule has 4 rings (SSSR count). The Hall–Kier alpha value is -3.51. The van der Waals surface area contributed by atoms with E-state index < -0.39 is 0 Å². The van der Waals surface area contributed by atoms with Crippen LogP contribution in [0.2, 0.25) is 0 Å². The molecule has 26 heavy (non-hydrogen) atoms. The molecule has 1 aliphatic heterocycles. The molecule has 0 spiro atoms. The number of fused-ring (bicyclic) bond motifs is 2. The Morgan fingerprint density at radius 1 is 1.12 bits per heavy atom. The second kappa shape index (κ2) is 6.42. The summed E-state index contributed by atoms with van der Waals surface area (Å²) in [6.45, 7) is 0.787. The number of aromatic nitrogens is 2. The Bertz CT molecular complexity index is 1050. The van der Waals surface area contributed by atoms with Crippen molar-refractivity contribution < 1.29 is 9.47 Å². The summed E-state index contributed by atoms with van der Waals surface area (Å²) >= 11 is 0. The van der Waals surface area contributed by atoms with Gasteiger partial charge in [-0.25, -0.2) is 9.97 Å². The van der Waals surface area contributed by atoms with Crippen molar-refractivity contribution in [2.45, 2.75) is 6.42 Å². The standard InChI is InChI=1S/C18H16N6O2/c1-25-16-8-13-14(9-17(16)26-2)20-10-21-18(13)24-6-5-11-7-12(22-23-19)3-4-15(11)24/h3-4,7-10H,5-6H2,1-2H3. The summed E-state index contributed by atoms with van der Waals surface area (Å²) in [5.74, 6) is 2.07. The molecular formula is C18H16N6O2. The fourth-order valence-corrected chi connectivity index (χ4v) is 3.31. The van der Waals surface area contributed by atoms with Crippen molar-refractivity contribution in [2.75, 3.05) is 25.7 Å². The first-order valence-corrected chi connectivity index (χ1v) is 8.07. The minimum absolute atomic E-state index is 0.618. The zero-order chi connectivity index (χ0) is 18.1. The first-order chi connectivity index (χ1) is 12.7. The minimum atomic E-state index is 0.618. The molecule has 8 nitrogen and oxygen atoms in total. The van der Waals surface area contributed by atoms with E-state index in [2.05, 4.69) is 24.9 Å². The van der Waals surface area contributed by atoms with Gasteiger partial charge in [0.15, 0.2) is 11.5 Å². The van der Waals surface area contributed by atoms with Gasteiger partial charge in [-0.2, -0.15) is 0 Å². The Morgan fingerprint density at radius 3 is 2.69 bits per heavy atom. The van der Waals surface area contributed by atoms with Crippen LogP contribution in [0.5, 0.6) is 11.5 Å². The molecule has 8 heteroatoms. The van der Waals surface area contributed by atoms with Crippen LogP contribution in [0, 0.1) is 0 Å². The summed E-state index contributed by atoms with van der Waals surface area (Å²) in [5.41, 5.74) is 12.2. The summed E-state index contributed by atoms with van der Waals surface area (Å²) < 4.78 is 10.8. The van der Waals surface area contributed by atoms with Gasteiger partial charge in [0.1, 0.15) is 12.1 Å². The Kier molecular flexibility index (Phi) is 3.95. The number of anilines is 2. The summed E-state index contributed by atoms with van der Waals surface area (Å²) in [4.78, 5) is 13.9. The highest BCUT2D eigenvalue weighted by Gasteiger charge is 2.24. The lowest BCUT2D eigenvalue weighted by atomic mass is 10.1. The van der Waals surface area contributed by atoms with E-state index in [1.165, 1.54) is 0 Å². The summed E-state index contributed by atoms with van der Waals surface area (Å²) in [5, 5.41) is 4.57.